The normalized spacial score (nSPS) is 22.1. The molecule has 0 aliphatic heterocycles. The Hall–Kier alpha value is -1.84. The summed E-state index contributed by atoms with van der Waals surface area (Å²) in [7, 11) is 0. The van der Waals surface area contributed by atoms with Crippen LogP contribution < -0.4 is 5.32 Å². The number of carboxylic acid groups (broad SMARTS) is 1. The third-order valence-electron chi connectivity index (χ3n) is 5.43. The fraction of sp³-hybridized carbons (Fsp3) is 0.529. The lowest BCUT2D eigenvalue weighted by molar-refractivity contribution is -0.147. The van der Waals surface area contributed by atoms with Gasteiger partial charge in [-0.15, -0.1) is 0 Å². The van der Waals surface area contributed by atoms with E-state index in [1.54, 1.807) is 24.3 Å². The van der Waals surface area contributed by atoms with Crippen LogP contribution in [0.3, 0.4) is 0 Å². The van der Waals surface area contributed by atoms with Crippen LogP contribution in [0.4, 0.5) is 0 Å². The molecule has 1 unspecified atom stereocenters. The van der Waals surface area contributed by atoms with Crippen molar-refractivity contribution in [3.8, 4) is 0 Å². The van der Waals surface area contributed by atoms with Crippen molar-refractivity contribution >= 4 is 11.9 Å². The zero-order chi connectivity index (χ0) is 16.1. The number of amides is 1. The minimum atomic E-state index is -1.41. The SMILES string of the molecule is CC(NC(=O)C1C(C)(C)C1(C)C)(C(=O)O)c1ccccc1. The second kappa shape index (κ2) is 4.58. The van der Waals surface area contributed by atoms with E-state index >= 15 is 0 Å². The second-order valence-corrected chi connectivity index (χ2v) is 7.16. The maximum absolute atomic E-state index is 12.6. The molecular formula is C17H23NO3. The molecule has 114 valence electrons. The van der Waals surface area contributed by atoms with E-state index in [1.807, 2.05) is 33.8 Å². The average Bonchev–Trinajstić information content (AvgIpc) is 2.80. The molecule has 4 nitrogen and oxygen atoms in total. The van der Waals surface area contributed by atoms with Crippen molar-refractivity contribution in [1.82, 2.24) is 5.32 Å². The summed E-state index contributed by atoms with van der Waals surface area (Å²) in [6.45, 7) is 9.69. The zero-order valence-corrected chi connectivity index (χ0v) is 13.2. The van der Waals surface area contributed by atoms with E-state index in [4.69, 9.17) is 0 Å². The van der Waals surface area contributed by atoms with Crippen molar-refractivity contribution in [2.24, 2.45) is 16.7 Å². The first-order valence-electron chi connectivity index (χ1n) is 7.16. The summed E-state index contributed by atoms with van der Waals surface area (Å²) in [6, 6.07) is 8.80. The third kappa shape index (κ3) is 2.23. The maximum Gasteiger partial charge on any atom is 0.333 e. The predicted molar refractivity (Wildman–Crippen MR) is 80.6 cm³/mol. The molecule has 1 saturated carbocycles. The molecule has 1 aliphatic carbocycles. The van der Waals surface area contributed by atoms with Gasteiger partial charge in [-0.2, -0.15) is 0 Å². The van der Waals surface area contributed by atoms with Gasteiger partial charge in [-0.05, 0) is 23.3 Å². The first-order valence-corrected chi connectivity index (χ1v) is 7.16. The number of hydrogen-bond acceptors (Lipinski definition) is 2. The first kappa shape index (κ1) is 15.5. The number of hydrogen-bond donors (Lipinski definition) is 2. The van der Waals surface area contributed by atoms with Crippen LogP contribution in [0.1, 0.15) is 40.2 Å². The highest BCUT2D eigenvalue weighted by Crippen LogP contribution is 2.68. The van der Waals surface area contributed by atoms with Crippen LogP contribution in [0, 0.1) is 16.7 Å². The Morgan fingerprint density at radius 2 is 1.57 bits per heavy atom. The van der Waals surface area contributed by atoms with E-state index in [-0.39, 0.29) is 22.7 Å². The van der Waals surface area contributed by atoms with Gasteiger partial charge < -0.3 is 10.4 Å². The van der Waals surface area contributed by atoms with Crippen LogP contribution in [-0.2, 0) is 15.1 Å². The van der Waals surface area contributed by atoms with E-state index in [9.17, 15) is 14.7 Å². The monoisotopic (exact) mass is 289 g/mol. The lowest BCUT2D eigenvalue weighted by atomic mass is 9.91. The van der Waals surface area contributed by atoms with Gasteiger partial charge in [0.25, 0.3) is 0 Å². The van der Waals surface area contributed by atoms with Gasteiger partial charge in [0.2, 0.25) is 5.91 Å². The standard InChI is InChI=1S/C17H23NO3/c1-15(2)12(16(15,3)4)13(19)18-17(5,14(20)21)11-9-7-6-8-10-11/h6-10,12H,1-5H3,(H,18,19)(H,20,21). The fourth-order valence-corrected chi connectivity index (χ4v) is 3.19. The van der Waals surface area contributed by atoms with Crippen LogP contribution in [0.2, 0.25) is 0 Å². The quantitative estimate of drug-likeness (QED) is 0.895. The lowest BCUT2D eigenvalue weighted by Gasteiger charge is -2.27. The molecule has 21 heavy (non-hydrogen) atoms. The van der Waals surface area contributed by atoms with Gasteiger partial charge in [0.1, 0.15) is 0 Å². The molecule has 0 radical (unpaired) electrons. The van der Waals surface area contributed by atoms with Gasteiger partial charge in [-0.25, -0.2) is 4.79 Å². The van der Waals surface area contributed by atoms with Gasteiger partial charge in [0, 0.05) is 5.92 Å². The van der Waals surface area contributed by atoms with Crippen LogP contribution in [0.5, 0.6) is 0 Å². The van der Waals surface area contributed by atoms with Gasteiger partial charge in [-0.3, -0.25) is 4.79 Å². The molecule has 1 fully saturated rings. The van der Waals surface area contributed by atoms with E-state index in [0.29, 0.717) is 5.56 Å². The highest BCUT2D eigenvalue weighted by Gasteiger charge is 2.68. The Morgan fingerprint density at radius 1 is 1.10 bits per heavy atom. The Morgan fingerprint density at radius 3 is 1.95 bits per heavy atom. The van der Waals surface area contributed by atoms with Crippen molar-refractivity contribution in [3.63, 3.8) is 0 Å². The molecule has 1 amide bonds. The summed E-state index contributed by atoms with van der Waals surface area (Å²) < 4.78 is 0. The van der Waals surface area contributed by atoms with E-state index in [1.165, 1.54) is 6.92 Å². The molecule has 0 heterocycles. The van der Waals surface area contributed by atoms with E-state index in [2.05, 4.69) is 5.32 Å². The molecule has 1 aromatic carbocycles. The van der Waals surface area contributed by atoms with Crippen molar-refractivity contribution in [2.45, 2.75) is 40.2 Å². The van der Waals surface area contributed by atoms with Crippen LogP contribution in [0.15, 0.2) is 30.3 Å². The Balaban J connectivity index is 2.27. The van der Waals surface area contributed by atoms with Crippen molar-refractivity contribution in [2.75, 3.05) is 0 Å². The Labute approximate surface area is 125 Å². The predicted octanol–water partition coefficient (Wildman–Crippen LogP) is 2.78. The molecule has 4 heteroatoms. The zero-order valence-electron chi connectivity index (χ0n) is 13.2. The highest BCUT2D eigenvalue weighted by molar-refractivity contribution is 5.91. The summed E-state index contributed by atoms with van der Waals surface area (Å²) in [5.41, 5.74) is -1.07. The number of rotatable bonds is 4. The van der Waals surface area contributed by atoms with Gasteiger partial charge >= 0.3 is 5.97 Å². The largest absolute Gasteiger partial charge is 0.479 e. The molecule has 2 N–H and O–H groups in total. The molecule has 1 aliphatic rings. The van der Waals surface area contributed by atoms with Gasteiger partial charge in [-0.1, -0.05) is 58.0 Å². The van der Waals surface area contributed by atoms with Crippen LogP contribution >= 0.6 is 0 Å². The number of aliphatic carboxylic acids is 1. The molecule has 0 aromatic heterocycles. The Kier molecular flexibility index (Phi) is 3.39. The molecule has 2 rings (SSSR count). The lowest BCUT2D eigenvalue weighted by Crippen LogP contribution is -2.50. The summed E-state index contributed by atoms with van der Waals surface area (Å²) in [4.78, 5) is 24.3. The Bertz CT molecular complexity index is 563. The summed E-state index contributed by atoms with van der Waals surface area (Å²) in [5.74, 6) is -1.43. The van der Waals surface area contributed by atoms with E-state index < -0.39 is 11.5 Å². The minimum Gasteiger partial charge on any atom is -0.479 e. The summed E-state index contributed by atoms with van der Waals surface area (Å²) >= 11 is 0. The highest BCUT2D eigenvalue weighted by atomic mass is 16.4. The second-order valence-electron chi connectivity index (χ2n) is 7.16. The molecule has 0 spiro atoms. The minimum absolute atomic E-state index is 0.118. The summed E-state index contributed by atoms with van der Waals surface area (Å²) in [6.07, 6.45) is 0. The number of benzene rings is 1. The molecule has 0 bridgehead atoms. The topological polar surface area (TPSA) is 66.4 Å². The smallest absolute Gasteiger partial charge is 0.333 e. The van der Waals surface area contributed by atoms with Crippen molar-refractivity contribution in [1.29, 1.82) is 0 Å². The maximum atomic E-state index is 12.6. The number of carbonyl (C=O) groups excluding carboxylic acids is 1. The van der Waals surface area contributed by atoms with Crippen LogP contribution in [0.25, 0.3) is 0 Å². The van der Waals surface area contributed by atoms with Crippen molar-refractivity contribution < 1.29 is 14.7 Å². The molecular weight excluding hydrogens is 266 g/mol. The van der Waals surface area contributed by atoms with Crippen molar-refractivity contribution in [3.05, 3.63) is 35.9 Å². The number of carbonyl (C=O) groups is 2. The molecule has 1 atom stereocenters. The number of carboxylic acids is 1. The number of nitrogens with one attached hydrogen (secondary N) is 1. The van der Waals surface area contributed by atoms with Gasteiger partial charge in [0.05, 0.1) is 0 Å². The first-order chi connectivity index (χ1) is 9.55. The molecule has 0 saturated heterocycles. The van der Waals surface area contributed by atoms with Crippen LogP contribution in [-0.4, -0.2) is 17.0 Å². The van der Waals surface area contributed by atoms with Gasteiger partial charge in [0.15, 0.2) is 5.54 Å². The molecule has 1 aromatic rings. The third-order valence-corrected chi connectivity index (χ3v) is 5.43. The fourth-order valence-electron chi connectivity index (χ4n) is 3.19. The summed E-state index contributed by atoms with van der Waals surface area (Å²) in [5, 5.41) is 12.3. The average molecular weight is 289 g/mol. The van der Waals surface area contributed by atoms with E-state index in [0.717, 1.165) is 0 Å².